The lowest BCUT2D eigenvalue weighted by Gasteiger charge is -2.18. The van der Waals surface area contributed by atoms with Gasteiger partial charge in [0.25, 0.3) is 5.91 Å². The quantitative estimate of drug-likeness (QED) is 0.370. The fourth-order valence-electron chi connectivity index (χ4n) is 3.23. The number of amides is 2. The molecule has 4 rings (SSSR count). The highest BCUT2D eigenvalue weighted by Crippen LogP contribution is 2.28. The molecule has 0 aliphatic rings. The molecule has 0 unspecified atom stereocenters. The number of benzene rings is 2. The van der Waals surface area contributed by atoms with Crippen LogP contribution in [0.3, 0.4) is 0 Å². The number of rotatable bonds is 4. The van der Waals surface area contributed by atoms with E-state index in [1.807, 2.05) is 16.5 Å². The van der Waals surface area contributed by atoms with Gasteiger partial charge >= 0.3 is 6.09 Å². The van der Waals surface area contributed by atoms with Crippen molar-refractivity contribution in [3.63, 3.8) is 0 Å². The zero-order valence-electron chi connectivity index (χ0n) is 17.2. The molecule has 4 aromatic rings. The van der Waals surface area contributed by atoms with Crippen LogP contribution >= 0.6 is 27.5 Å². The van der Waals surface area contributed by atoms with Crippen LogP contribution in [0.25, 0.3) is 16.9 Å². The van der Waals surface area contributed by atoms with Crippen LogP contribution in [0.1, 0.15) is 10.4 Å². The third-order valence-electron chi connectivity index (χ3n) is 4.96. The second-order valence-corrected chi connectivity index (χ2v) is 8.23. The van der Waals surface area contributed by atoms with E-state index in [2.05, 4.69) is 31.0 Å². The van der Waals surface area contributed by atoms with Gasteiger partial charge in [-0.25, -0.2) is 9.78 Å². The molecule has 32 heavy (non-hydrogen) atoms. The van der Waals surface area contributed by atoms with Gasteiger partial charge in [0, 0.05) is 39.7 Å². The predicted octanol–water partition coefficient (Wildman–Crippen LogP) is 5.87. The lowest BCUT2D eigenvalue weighted by molar-refractivity contribution is 0.0992. The minimum atomic E-state index is -0.537. The Hall–Kier alpha value is -3.36. The van der Waals surface area contributed by atoms with Crippen LogP contribution in [-0.4, -0.2) is 35.5 Å². The third kappa shape index (κ3) is 4.32. The van der Waals surface area contributed by atoms with Gasteiger partial charge in [0.05, 0.1) is 24.6 Å². The van der Waals surface area contributed by atoms with E-state index >= 15 is 0 Å². The molecule has 0 spiro atoms. The zero-order chi connectivity index (χ0) is 22.8. The first kappa shape index (κ1) is 21.9. The maximum atomic E-state index is 13.2. The number of carbonyl (C=O) groups is 2. The van der Waals surface area contributed by atoms with Gasteiger partial charge in [0.1, 0.15) is 5.65 Å². The highest BCUT2D eigenvalue weighted by molar-refractivity contribution is 9.10. The average Bonchev–Trinajstić information content (AvgIpc) is 3.21. The van der Waals surface area contributed by atoms with Gasteiger partial charge in [-0.3, -0.25) is 14.5 Å². The molecule has 0 aliphatic heterocycles. The number of anilines is 2. The van der Waals surface area contributed by atoms with E-state index in [1.165, 1.54) is 7.11 Å². The largest absolute Gasteiger partial charge is 0.453 e. The Morgan fingerprint density at radius 3 is 2.47 bits per heavy atom. The number of hydrogen-bond acceptors (Lipinski definition) is 4. The molecule has 2 aromatic carbocycles. The molecular formula is C23H18BrClN4O3. The molecular weight excluding hydrogens is 496 g/mol. The van der Waals surface area contributed by atoms with E-state index in [0.29, 0.717) is 26.4 Å². The number of carbonyl (C=O) groups excluding carboxylic acids is 2. The zero-order valence-corrected chi connectivity index (χ0v) is 19.5. The van der Waals surface area contributed by atoms with E-state index in [4.69, 9.17) is 11.6 Å². The molecule has 0 fully saturated rings. The number of halogens is 2. The number of hydrogen-bond donors (Lipinski definition) is 1. The molecule has 2 aromatic heterocycles. The molecule has 2 amide bonds. The third-order valence-corrected chi connectivity index (χ3v) is 5.87. The first-order valence-corrected chi connectivity index (χ1v) is 10.7. The van der Waals surface area contributed by atoms with Crippen LogP contribution in [0.5, 0.6) is 0 Å². The predicted molar refractivity (Wildman–Crippen MR) is 129 cm³/mol. The summed E-state index contributed by atoms with van der Waals surface area (Å²) in [7, 11) is 3.02. The molecule has 0 saturated heterocycles. The number of pyridine rings is 1. The first-order chi connectivity index (χ1) is 15.4. The van der Waals surface area contributed by atoms with Crippen LogP contribution in [0, 0.1) is 0 Å². The van der Waals surface area contributed by atoms with Crippen molar-refractivity contribution >= 4 is 56.6 Å². The molecule has 0 bridgehead atoms. The topological polar surface area (TPSA) is 75.9 Å². The van der Waals surface area contributed by atoms with E-state index in [1.54, 1.807) is 66.8 Å². The minimum Gasteiger partial charge on any atom is -0.453 e. The van der Waals surface area contributed by atoms with Crippen LogP contribution in [0.2, 0.25) is 5.02 Å². The molecule has 0 saturated carbocycles. The Bertz CT molecular complexity index is 1300. The van der Waals surface area contributed by atoms with Crippen molar-refractivity contribution in [1.82, 2.24) is 9.38 Å². The van der Waals surface area contributed by atoms with E-state index in [9.17, 15) is 9.59 Å². The van der Waals surface area contributed by atoms with Crippen molar-refractivity contribution in [2.45, 2.75) is 0 Å². The van der Waals surface area contributed by atoms with Crippen LogP contribution in [-0.2, 0) is 4.74 Å². The van der Waals surface area contributed by atoms with E-state index in [-0.39, 0.29) is 5.91 Å². The molecule has 0 atom stereocenters. The Morgan fingerprint density at radius 2 is 1.81 bits per heavy atom. The molecule has 0 aliphatic carbocycles. The highest BCUT2D eigenvalue weighted by atomic mass is 79.9. The van der Waals surface area contributed by atoms with Gasteiger partial charge in [-0.2, -0.15) is 0 Å². The van der Waals surface area contributed by atoms with Gasteiger partial charge in [0.15, 0.2) is 0 Å². The SMILES string of the molecule is COC(=O)Nc1ccc(-c2cnc3cc(Br)c(C(=O)N(C)c4ccc(Cl)cc4)cn23)cc1. The summed E-state index contributed by atoms with van der Waals surface area (Å²) in [4.78, 5) is 30.6. The molecule has 1 N–H and O–H groups in total. The van der Waals surface area contributed by atoms with Crippen LogP contribution in [0.15, 0.2) is 71.5 Å². The van der Waals surface area contributed by atoms with Crippen molar-refractivity contribution in [2.24, 2.45) is 0 Å². The molecule has 7 nitrogen and oxygen atoms in total. The maximum Gasteiger partial charge on any atom is 0.411 e. The lowest BCUT2D eigenvalue weighted by Crippen LogP contribution is -2.26. The fraction of sp³-hybridized carbons (Fsp3) is 0.0870. The lowest BCUT2D eigenvalue weighted by atomic mass is 10.1. The number of imidazole rings is 1. The number of aromatic nitrogens is 2. The Kier molecular flexibility index (Phi) is 6.16. The summed E-state index contributed by atoms with van der Waals surface area (Å²) >= 11 is 9.46. The van der Waals surface area contributed by atoms with Crippen molar-refractivity contribution in [3.8, 4) is 11.3 Å². The maximum absolute atomic E-state index is 13.2. The van der Waals surface area contributed by atoms with Crippen LogP contribution < -0.4 is 10.2 Å². The molecule has 162 valence electrons. The fourth-order valence-corrected chi connectivity index (χ4v) is 3.83. The standard InChI is InChI=1S/C23H18BrClN4O3/c1-28(17-9-5-15(25)6-10-17)22(30)18-13-29-20(12-26-21(29)11-19(18)24)14-3-7-16(8-4-14)27-23(31)32-2/h3-13H,1-2H3,(H,27,31). The summed E-state index contributed by atoms with van der Waals surface area (Å²) in [5, 5.41) is 3.22. The minimum absolute atomic E-state index is 0.182. The first-order valence-electron chi connectivity index (χ1n) is 9.53. The Balaban J connectivity index is 1.68. The summed E-state index contributed by atoms with van der Waals surface area (Å²) in [5.41, 5.74) is 4.19. The van der Waals surface area contributed by atoms with Gasteiger partial charge in [0.2, 0.25) is 0 Å². The Morgan fingerprint density at radius 1 is 1.12 bits per heavy atom. The van der Waals surface area contributed by atoms with E-state index < -0.39 is 6.09 Å². The van der Waals surface area contributed by atoms with Gasteiger partial charge in [-0.05, 0) is 58.4 Å². The second-order valence-electron chi connectivity index (χ2n) is 6.94. The molecule has 2 heterocycles. The van der Waals surface area contributed by atoms with Gasteiger partial charge < -0.3 is 9.64 Å². The number of nitrogens with zero attached hydrogens (tertiary/aromatic N) is 3. The van der Waals surface area contributed by atoms with Gasteiger partial charge in [-0.15, -0.1) is 0 Å². The summed E-state index contributed by atoms with van der Waals surface area (Å²) in [6.45, 7) is 0. The van der Waals surface area contributed by atoms with Crippen LogP contribution in [0.4, 0.5) is 16.2 Å². The number of nitrogens with one attached hydrogen (secondary N) is 1. The second kappa shape index (κ2) is 9.02. The smallest absolute Gasteiger partial charge is 0.411 e. The normalized spacial score (nSPS) is 10.8. The number of ether oxygens (including phenoxy) is 1. The molecule has 9 heteroatoms. The summed E-state index contributed by atoms with van der Waals surface area (Å²) in [6, 6.07) is 16.1. The van der Waals surface area contributed by atoms with Crippen molar-refractivity contribution in [3.05, 3.63) is 82.0 Å². The van der Waals surface area contributed by atoms with E-state index in [0.717, 1.165) is 16.9 Å². The van der Waals surface area contributed by atoms with Crippen molar-refractivity contribution in [1.29, 1.82) is 0 Å². The van der Waals surface area contributed by atoms with Crippen molar-refractivity contribution in [2.75, 3.05) is 24.4 Å². The van der Waals surface area contributed by atoms with Gasteiger partial charge in [-0.1, -0.05) is 23.7 Å². The average molecular weight is 514 g/mol. The summed E-state index contributed by atoms with van der Waals surface area (Å²) < 4.78 is 7.11. The van der Waals surface area contributed by atoms with Crippen molar-refractivity contribution < 1.29 is 14.3 Å². The monoisotopic (exact) mass is 512 g/mol. The number of fused-ring (bicyclic) bond motifs is 1. The highest BCUT2D eigenvalue weighted by Gasteiger charge is 2.19. The summed E-state index contributed by atoms with van der Waals surface area (Å²) in [5.74, 6) is -0.182. The Labute approximate surface area is 197 Å². The molecule has 0 radical (unpaired) electrons. The number of methoxy groups -OCH3 is 1. The summed E-state index contributed by atoms with van der Waals surface area (Å²) in [6.07, 6.45) is 2.96.